The molecular weight excluding hydrogens is 280 g/mol. The Morgan fingerprint density at radius 1 is 1.69 bits per heavy atom. The zero-order valence-corrected chi connectivity index (χ0v) is 9.94. The number of nitrogens with one attached hydrogen (secondary N) is 2. The maximum absolute atomic E-state index is 11.0. The van der Waals surface area contributed by atoms with E-state index in [9.17, 15) is 14.9 Å². The smallest absolute Gasteiger partial charge is 0.312 e. The molecule has 1 amide bonds. The molecule has 0 radical (unpaired) electrons. The van der Waals surface area contributed by atoms with Crippen LogP contribution >= 0.6 is 15.9 Å². The lowest BCUT2D eigenvalue weighted by Crippen LogP contribution is -2.26. The molecular formula is C8H9BrN4O3. The molecule has 1 aromatic rings. The topological polar surface area (TPSA) is 97.2 Å². The van der Waals surface area contributed by atoms with Crippen LogP contribution in [0, 0.1) is 10.1 Å². The third-order valence-electron chi connectivity index (χ3n) is 1.73. The summed E-state index contributed by atoms with van der Waals surface area (Å²) in [5, 5.41) is 15.7. The second-order valence-electron chi connectivity index (χ2n) is 2.81. The number of hydrogen-bond donors (Lipinski definition) is 2. The average molecular weight is 289 g/mol. The third-order valence-corrected chi connectivity index (χ3v) is 2.16. The van der Waals surface area contributed by atoms with Gasteiger partial charge in [0.1, 0.15) is 0 Å². The molecule has 0 aliphatic carbocycles. The van der Waals surface area contributed by atoms with E-state index in [2.05, 4.69) is 31.5 Å². The zero-order chi connectivity index (χ0) is 12.1. The van der Waals surface area contributed by atoms with Gasteiger partial charge in [-0.3, -0.25) is 14.9 Å². The molecule has 86 valence electrons. The molecule has 1 aromatic heterocycles. The van der Waals surface area contributed by atoms with E-state index in [0.717, 1.165) is 0 Å². The standard InChI is InChI=1S/C8H9BrN4O3/c1-10-7(14)4-12-8-6(13(15)16)2-5(9)3-11-8/h2-3H,4H2,1H3,(H,10,14)(H,11,12). The molecule has 0 bridgehead atoms. The van der Waals surface area contributed by atoms with Gasteiger partial charge < -0.3 is 10.6 Å². The van der Waals surface area contributed by atoms with Crippen LogP contribution in [0.3, 0.4) is 0 Å². The zero-order valence-electron chi connectivity index (χ0n) is 8.36. The van der Waals surface area contributed by atoms with E-state index < -0.39 is 4.92 Å². The second-order valence-corrected chi connectivity index (χ2v) is 3.72. The molecule has 0 atom stereocenters. The lowest BCUT2D eigenvalue weighted by Gasteiger charge is -2.05. The van der Waals surface area contributed by atoms with E-state index in [4.69, 9.17) is 0 Å². The lowest BCUT2D eigenvalue weighted by molar-refractivity contribution is -0.384. The van der Waals surface area contributed by atoms with Gasteiger partial charge in [0.2, 0.25) is 11.7 Å². The normalized spacial score (nSPS) is 9.62. The molecule has 0 spiro atoms. The van der Waals surface area contributed by atoms with Crippen molar-refractivity contribution in [3.63, 3.8) is 0 Å². The van der Waals surface area contributed by atoms with Crippen LogP contribution in [0.4, 0.5) is 11.5 Å². The summed E-state index contributed by atoms with van der Waals surface area (Å²) < 4.78 is 0.504. The minimum Gasteiger partial charge on any atom is -0.358 e. The Kier molecular flexibility index (Phi) is 4.18. The predicted octanol–water partition coefficient (Wildman–Crippen LogP) is 0.910. The summed E-state index contributed by atoms with van der Waals surface area (Å²) >= 11 is 3.08. The van der Waals surface area contributed by atoms with Crippen molar-refractivity contribution in [2.45, 2.75) is 0 Å². The number of nitrogens with zero attached hydrogens (tertiary/aromatic N) is 2. The molecule has 0 fully saturated rings. The number of carbonyl (C=O) groups excluding carboxylic acids is 1. The summed E-state index contributed by atoms with van der Waals surface area (Å²) in [4.78, 5) is 24.9. The van der Waals surface area contributed by atoms with Crippen molar-refractivity contribution in [1.82, 2.24) is 10.3 Å². The van der Waals surface area contributed by atoms with E-state index in [1.54, 1.807) is 0 Å². The molecule has 7 nitrogen and oxygen atoms in total. The van der Waals surface area contributed by atoms with E-state index in [1.165, 1.54) is 19.3 Å². The molecule has 0 saturated heterocycles. The minimum absolute atomic E-state index is 0.0635. The fraction of sp³-hybridized carbons (Fsp3) is 0.250. The van der Waals surface area contributed by atoms with Crippen molar-refractivity contribution in [3.05, 3.63) is 26.9 Å². The van der Waals surface area contributed by atoms with Gasteiger partial charge >= 0.3 is 5.69 Å². The van der Waals surface area contributed by atoms with Crippen LogP contribution in [-0.4, -0.2) is 29.4 Å². The highest BCUT2D eigenvalue weighted by molar-refractivity contribution is 9.10. The van der Waals surface area contributed by atoms with Crippen molar-refractivity contribution in [2.24, 2.45) is 0 Å². The fourth-order valence-electron chi connectivity index (χ4n) is 0.956. The summed E-state index contributed by atoms with van der Waals surface area (Å²) in [6.07, 6.45) is 1.42. The van der Waals surface area contributed by atoms with Gasteiger partial charge in [0.15, 0.2) is 0 Å². The summed E-state index contributed by atoms with van der Waals surface area (Å²) in [6, 6.07) is 1.32. The summed E-state index contributed by atoms with van der Waals surface area (Å²) in [6.45, 7) is -0.0635. The van der Waals surface area contributed by atoms with E-state index in [-0.39, 0.29) is 24.0 Å². The average Bonchev–Trinajstić information content (AvgIpc) is 2.26. The number of likely N-dealkylation sites (N-methyl/N-ethyl adjacent to an activating group) is 1. The first-order valence-corrected chi connectivity index (χ1v) is 5.08. The Morgan fingerprint density at radius 2 is 2.38 bits per heavy atom. The summed E-state index contributed by atoms with van der Waals surface area (Å²) in [7, 11) is 1.48. The van der Waals surface area contributed by atoms with Gasteiger partial charge in [-0.15, -0.1) is 0 Å². The molecule has 0 aromatic carbocycles. The van der Waals surface area contributed by atoms with Crippen LogP contribution in [0.2, 0.25) is 0 Å². The van der Waals surface area contributed by atoms with Gasteiger partial charge in [-0.1, -0.05) is 0 Å². The summed E-state index contributed by atoms with van der Waals surface area (Å²) in [5.74, 6) is -0.212. The number of aromatic nitrogens is 1. The first-order chi connectivity index (χ1) is 7.54. The molecule has 8 heteroatoms. The quantitative estimate of drug-likeness (QED) is 0.634. The predicted molar refractivity (Wildman–Crippen MR) is 61.1 cm³/mol. The number of anilines is 1. The maximum atomic E-state index is 11.0. The van der Waals surface area contributed by atoms with Gasteiger partial charge in [-0.25, -0.2) is 4.98 Å². The number of rotatable bonds is 4. The highest BCUT2D eigenvalue weighted by Crippen LogP contribution is 2.24. The Hall–Kier alpha value is -1.70. The van der Waals surface area contributed by atoms with Crippen molar-refractivity contribution < 1.29 is 9.72 Å². The number of pyridine rings is 1. The Bertz CT molecular complexity index is 424. The minimum atomic E-state index is -0.566. The van der Waals surface area contributed by atoms with E-state index in [1.807, 2.05) is 0 Å². The first kappa shape index (κ1) is 12.4. The monoisotopic (exact) mass is 288 g/mol. The first-order valence-electron chi connectivity index (χ1n) is 4.29. The second kappa shape index (κ2) is 5.40. The number of hydrogen-bond acceptors (Lipinski definition) is 5. The van der Waals surface area contributed by atoms with Crippen LogP contribution in [0.1, 0.15) is 0 Å². The molecule has 2 N–H and O–H groups in total. The van der Waals surface area contributed by atoms with E-state index in [0.29, 0.717) is 4.47 Å². The van der Waals surface area contributed by atoms with Crippen molar-refractivity contribution in [1.29, 1.82) is 0 Å². The van der Waals surface area contributed by atoms with E-state index >= 15 is 0 Å². The Balaban J connectivity index is 2.87. The number of carbonyl (C=O) groups is 1. The summed E-state index contributed by atoms with van der Waals surface area (Å²) in [5.41, 5.74) is -0.182. The Labute approximate surface area is 99.5 Å². The van der Waals surface area contributed by atoms with Crippen molar-refractivity contribution in [3.8, 4) is 0 Å². The van der Waals surface area contributed by atoms with Crippen LogP contribution in [0.25, 0.3) is 0 Å². The molecule has 1 rings (SSSR count). The van der Waals surface area contributed by atoms with Gasteiger partial charge in [0.05, 0.1) is 11.5 Å². The van der Waals surface area contributed by atoms with Crippen LogP contribution in [0.15, 0.2) is 16.7 Å². The molecule has 0 unspecified atom stereocenters. The largest absolute Gasteiger partial charge is 0.358 e. The maximum Gasteiger partial charge on any atom is 0.312 e. The van der Waals surface area contributed by atoms with Crippen LogP contribution in [-0.2, 0) is 4.79 Å². The van der Waals surface area contributed by atoms with Gasteiger partial charge in [-0.2, -0.15) is 0 Å². The van der Waals surface area contributed by atoms with Gasteiger partial charge in [0, 0.05) is 23.8 Å². The molecule has 1 heterocycles. The van der Waals surface area contributed by atoms with Gasteiger partial charge in [-0.05, 0) is 15.9 Å². The number of amides is 1. The van der Waals surface area contributed by atoms with Crippen LogP contribution < -0.4 is 10.6 Å². The van der Waals surface area contributed by atoms with Crippen molar-refractivity contribution in [2.75, 3.05) is 18.9 Å². The molecule has 16 heavy (non-hydrogen) atoms. The molecule has 0 aliphatic rings. The number of halogens is 1. The SMILES string of the molecule is CNC(=O)CNc1ncc(Br)cc1[N+](=O)[O-]. The highest BCUT2D eigenvalue weighted by atomic mass is 79.9. The van der Waals surface area contributed by atoms with Crippen molar-refractivity contribution >= 4 is 33.3 Å². The third kappa shape index (κ3) is 3.16. The van der Waals surface area contributed by atoms with Crippen LogP contribution in [0.5, 0.6) is 0 Å². The number of nitro groups is 1. The lowest BCUT2D eigenvalue weighted by atomic mass is 10.4. The molecule has 0 aliphatic heterocycles. The highest BCUT2D eigenvalue weighted by Gasteiger charge is 2.16. The van der Waals surface area contributed by atoms with Gasteiger partial charge in [0.25, 0.3) is 0 Å². The molecule has 0 saturated carbocycles. The fourth-order valence-corrected chi connectivity index (χ4v) is 1.28. The Morgan fingerprint density at radius 3 is 2.94 bits per heavy atom.